The molecule has 1 N–H and O–H groups in total. The summed E-state index contributed by atoms with van der Waals surface area (Å²) in [4.78, 5) is 1.20. The van der Waals surface area contributed by atoms with Gasteiger partial charge in [0.15, 0.2) is 0 Å². The van der Waals surface area contributed by atoms with Crippen molar-refractivity contribution in [3.05, 3.63) is 48.0 Å². The molecule has 4 nitrogen and oxygen atoms in total. The van der Waals surface area contributed by atoms with E-state index in [4.69, 9.17) is 0 Å². The number of hydrogen-bond acceptors (Lipinski definition) is 3. The van der Waals surface area contributed by atoms with Gasteiger partial charge in [0.1, 0.15) is 6.54 Å². The number of nitrogens with one attached hydrogen (secondary N) is 1. The third-order valence-corrected chi connectivity index (χ3v) is 4.11. The first kappa shape index (κ1) is 15.0. The van der Waals surface area contributed by atoms with Crippen LogP contribution in [0.25, 0.3) is 10.8 Å². The van der Waals surface area contributed by atoms with Crippen molar-refractivity contribution in [1.82, 2.24) is 0 Å². The molecule has 0 heterocycles. The molecule has 0 bridgehead atoms. The van der Waals surface area contributed by atoms with Crippen LogP contribution in [0.15, 0.2) is 42.5 Å². The van der Waals surface area contributed by atoms with E-state index < -0.39 is 10.1 Å². The zero-order valence-corrected chi connectivity index (χ0v) is 12.3. The van der Waals surface area contributed by atoms with Gasteiger partial charge in [0, 0.05) is 17.7 Å². The lowest BCUT2D eigenvalue weighted by molar-refractivity contribution is -0.893. The zero-order chi connectivity index (χ0) is 14.6. The van der Waals surface area contributed by atoms with E-state index in [1.54, 1.807) is 0 Å². The minimum Gasteiger partial charge on any atom is -0.748 e. The summed E-state index contributed by atoms with van der Waals surface area (Å²) in [5.41, 5.74) is 1.21. The number of rotatable bonds is 6. The Bertz CT molecular complexity index is 682. The minimum absolute atomic E-state index is 0.276. The molecule has 108 valence electrons. The Balaban J connectivity index is 1.94. The summed E-state index contributed by atoms with van der Waals surface area (Å²) in [6.07, 6.45) is 0.408. The summed E-state index contributed by atoms with van der Waals surface area (Å²) in [6.45, 7) is 1.50. The first-order valence-electron chi connectivity index (χ1n) is 6.66. The van der Waals surface area contributed by atoms with Crippen LogP contribution in [0, 0.1) is 0 Å². The predicted molar refractivity (Wildman–Crippen MR) is 78.6 cm³/mol. The summed E-state index contributed by atoms with van der Waals surface area (Å²) in [5.74, 6) is -0.276. The van der Waals surface area contributed by atoms with E-state index in [1.165, 1.54) is 21.2 Å². The lowest BCUT2D eigenvalue weighted by Crippen LogP contribution is -3.07. The summed E-state index contributed by atoms with van der Waals surface area (Å²) in [6, 6.07) is 14.5. The van der Waals surface area contributed by atoms with Crippen LogP contribution in [-0.4, -0.2) is 32.3 Å². The molecule has 2 rings (SSSR count). The van der Waals surface area contributed by atoms with Crippen LogP contribution in [0.5, 0.6) is 0 Å². The van der Waals surface area contributed by atoms with Gasteiger partial charge in [-0.3, -0.25) is 0 Å². The van der Waals surface area contributed by atoms with E-state index in [-0.39, 0.29) is 5.75 Å². The van der Waals surface area contributed by atoms with Gasteiger partial charge in [-0.2, -0.15) is 0 Å². The molecule has 0 aliphatic rings. The Morgan fingerprint density at radius 3 is 2.50 bits per heavy atom. The number of quaternary nitrogens is 1. The van der Waals surface area contributed by atoms with E-state index in [0.717, 1.165) is 6.54 Å². The van der Waals surface area contributed by atoms with Crippen LogP contribution >= 0.6 is 0 Å². The summed E-state index contributed by atoms with van der Waals surface area (Å²) >= 11 is 0. The largest absolute Gasteiger partial charge is 0.748 e. The molecule has 0 saturated heterocycles. The Kier molecular flexibility index (Phi) is 4.75. The maximum absolute atomic E-state index is 10.6. The maximum Gasteiger partial charge on any atom is 0.103 e. The highest BCUT2D eigenvalue weighted by atomic mass is 32.2. The number of fused-ring (bicyclic) bond motifs is 1. The molecule has 0 aromatic heterocycles. The van der Waals surface area contributed by atoms with Crippen LogP contribution in [0.3, 0.4) is 0 Å². The fourth-order valence-corrected chi connectivity index (χ4v) is 2.83. The molecule has 20 heavy (non-hydrogen) atoms. The van der Waals surface area contributed by atoms with Crippen molar-refractivity contribution in [2.24, 2.45) is 0 Å². The molecule has 0 amide bonds. The van der Waals surface area contributed by atoms with Crippen molar-refractivity contribution in [1.29, 1.82) is 0 Å². The number of benzene rings is 2. The molecule has 0 aliphatic heterocycles. The van der Waals surface area contributed by atoms with Crippen molar-refractivity contribution in [3.8, 4) is 0 Å². The van der Waals surface area contributed by atoms with Crippen molar-refractivity contribution >= 4 is 20.9 Å². The average Bonchev–Trinajstić information content (AvgIpc) is 2.37. The maximum atomic E-state index is 10.6. The summed E-state index contributed by atoms with van der Waals surface area (Å²) in [7, 11) is -2.08. The van der Waals surface area contributed by atoms with Gasteiger partial charge in [0.25, 0.3) is 0 Å². The van der Waals surface area contributed by atoms with Crippen LogP contribution in [0.2, 0.25) is 0 Å². The number of hydrogen-bond donors (Lipinski definition) is 1. The van der Waals surface area contributed by atoms with Crippen LogP contribution in [-0.2, 0) is 16.7 Å². The van der Waals surface area contributed by atoms with E-state index in [0.29, 0.717) is 13.0 Å². The highest BCUT2D eigenvalue weighted by Crippen LogP contribution is 2.14. The topological polar surface area (TPSA) is 61.6 Å². The van der Waals surface area contributed by atoms with Gasteiger partial charge in [-0.1, -0.05) is 36.4 Å². The fourth-order valence-electron chi connectivity index (χ4n) is 2.34. The van der Waals surface area contributed by atoms with Gasteiger partial charge in [-0.15, -0.1) is 0 Å². The third-order valence-electron chi connectivity index (χ3n) is 3.32. The molecule has 2 aromatic rings. The molecule has 0 fully saturated rings. The van der Waals surface area contributed by atoms with Crippen LogP contribution in [0.4, 0.5) is 0 Å². The second-order valence-electron chi connectivity index (χ2n) is 5.18. The Morgan fingerprint density at radius 1 is 1.10 bits per heavy atom. The first-order valence-corrected chi connectivity index (χ1v) is 8.24. The molecule has 0 saturated carbocycles. The monoisotopic (exact) mass is 293 g/mol. The van der Waals surface area contributed by atoms with Gasteiger partial charge in [0.2, 0.25) is 0 Å². The SMILES string of the molecule is C[NH+](CCCS(=O)(=O)[O-])Cc1ccc2ccccc2c1. The molecule has 1 unspecified atom stereocenters. The van der Waals surface area contributed by atoms with Crippen molar-refractivity contribution in [2.75, 3.05) is 19.3 Å². The molecule has 0 spiro atoms. The van der Waals surface area contributed by atoms with E-state index in [2.05, 4.69) is 30.3 Å². The van der Waals surface area contributed by atoms with Crippen molar-refractivity contribution in [3.63, 3.8) is 0 Å². The predicted octanol–water partition coefficient (Wildman–Crippen LogP) is 0.790. The highest BCUT2D eigenvalue weighted by molar-refractivity contribution is 7.85. The lowest BCUT2D eigenvalue weighted by atomic mass is 10.1. The second kappa shape index (κ2) is 6.35. The Labute approximate surface area is 119 Å². The highest BCUT2D eigenvalue weighted by Gasteiger charge is 2.06. The summed E-state index contributed by atoms with van der Waals surface area (Å²) in [5, 5.41) is 2.42. The molecule has 5 heteroatoms. The first-order chi connectivity index (χ1) is 9.44. The molecule has 1 atom stereocenters. The van der Waals surface area contributed by atoms with Gasteiger partial charge in [-0.05, 0) is 16.8 Å². The normalized spacial score (nSPS) is 13.5. The van der Waals surface area contributed by atoms with Gasteiger partial charge >= 0.3 is 0 Å². The van der Waals surface area contributed by atoms with Gasteiger partial charge in [-0.25, -0.2) is 8.42 Å². The smallest absolute Gasteiger partial charge is 0.103 e. The standard InChI is InChI=1S/C15H19NO3S/c1-16(9-4-10-20(17,18)19)12-13-7-8-14-5-2-3-6-15(14)11-13/h2-3,5-8,11H,4,9-10,12H2,1H3,(H,17,18,19). The lowest BCUT2D eigenvalue weighted by Gasteiger charge is -2.15. The van der Waals surface area contributed by atoms with Crippen molar-refractivity contribution < 1.29 is 17.9 Å². The summed E-state index contributed by atoms with van der Waals surface area (Å²) < 4.78 is 31.7. The van der Waals surface area contributed by atoms with Crippen LogP contribution in [0.1, 0.15) is 12.0 Å². The zero-order valence-electron chi connectivity index (χ0n) is 11.5. The van der Waals surface area contributed by atoms with E-state index in [9.17, 15) is 13.0 Å². The Morgan fingerprint density at radius 2 is 1.80 bits per heavy atom. The second-order valence-corrected chi connectivity index (χ2v) is 6.70. The van der Waals surface area contributed by atoms with Crippen LogP contribution < -0.4 is 4.90 Å². The molecule has 0 aliphatic carbocycles. The van der Waals surface area contributed by atoms with Gasteiger partial charge < -0.3 is 9.45 Å². The van der Waals surface area contributed by atoms with E-state index >= 15 is 0 Å². The Hall–Kier alpha value is -1.43. The molecule has 2 aromatic carbocycles. The minimum atomic E-state index is -4.08. The van der Waals surface area contributed by atoms with Crippen molar-refractivity contribution in [2.45, 2.75) is 13.0 Å². The van der Waals surface area contributed by atoms with Gasteiger partial charge in [0.05, 0.1) is 23.7 Å². The van der Waals surface area contributed by atoms with E-state index in [1.807, 2.05) is 19.2 Å². The average molecular weight is 293 g/mol. The fraction of sp³-hybridized carbons (Fsp3) is 0.333. The third kappa shape index (κ3) is 4.59. The molecular formula is C15H19NO3S. The molecular weight excluding hydrogens is 274 g/mol. The quantitative estimate of drug-likeness (QED) is 0.801. The molecule has 0 radical (unpaired) electrons.